The van der Waals surface area contributed by atoms with Crippen LogP contribution in [0.1, 0.15) is 24.4 Å². The maximum absolute atomic E-state index is 13.3. The first-order valence-corrected chi connectivity index (χ1v) is 5.41. The van der Waals surface area contributed by atoms with E-state index >= 15 is 0 Å². The largest absolute Gasteiger partial charge is 0.396 e. The Morgan fingerprint density at radius 3 is 2.87 bits per heavy atom. The second kappa shape index (κ2) is 3.81. The van der Waals surface area contributed by atoms with Gasteiger partial charge in [0.2, 0.25) is 5.91 Å². The van der Waals surface area contributed by atoms with Gasteiger partial charge in [0.25, 0.3) is 0 Å². The Labute approximate surface area is 95.0 Å². The van der Waals surface area contributed by atoms with Crippen molar-refractivity contribution in [2.24, 2.45) is 0 Å². The molecule has 0 aromatic heterocycles. The molecule has 80 valence electrons. The highest BCUT2D eigenvalue weighted by atomic mass is 79.9. The van der Waals surface area contributed by atoms with Crippen LogP contribution >= 0.6 is 15.9 Å². The molecule has 1 aromatic carbocycles. The number of rotatable bonds is 1. The molecule has 1 aliphatic heterocycles. The maximum Gasteiger partial charge on any atom is 0.220 e. The number of hydrogen-bond donors (Lipinski definition) is 2. The molecule has 1 heterocycles. The number of hydrogen-bond acceptors (Lipinski definition) is 2. The summed E-state index contributed by atoms with van der Waals surface area (Å²) >= 11 is 3.20. The van der Waals surface area contributed by atoms with Crippen molar-refractivity contribution in [3.63, 3.8) is 0 Å². The molecule has 1 aliphatic rings. The van der Waals surface area contributed by atoms with E-state index in [1.165, 1.54) is 6.07 Å². The van der Waals surface area contributed by atoms with Crippen LogP contribution in [0.25, 0.3) is 0 Å². The molecule has 1 saturated heterocycles. The molecule has 1 fully saturated rings. The summed E-state index contributed by atoms with van der Waals surface area (Å²) in [5.41, 5.74) is 6.39. The van der Waals surface area contributed by atoms with Crippen molar-refractivity contribution in [1.29, 1.82) is 0 Å². The average molecular weight is 273 g/mol. The van der Waals surface area contributed by atoms with Crippen LogP contribution in [0.15, 0.2) is 16.6 Å². The van der Waals surface area contributed by atoms with Crippen molar-refractivity contribution in [2.45, 2.75) is 18.9 Å². The van der Waals surface area contributed by atoms with E-state index in [0.29, 0.717) is 22.9 Å². The Hall–Kier alpha value is -1.10. The van der Waals surface area contributed by atoms with E-state index < -0.39 is 5.82 Å². The van der Waals surface area contributed by atoms with Crippen LogP contribution in [0.2, 0.25) is 0 Å². The van der Waals surface area contributed by atoms with Gasteiger partial charge in [-0.25, -0.2) is 4.39 Å². The summed E-state index contributed by atoms with van der Waals surface area (Å²) in [6, 6.07) is 2.90. The molecular formula is C10H10BrFN2O. The Bertz CT molecular complexity index is 422. The molecule has 0 unspecified atom stereocenters. The van der Waals surface area contributed by atoms with Crippen LogP contribution in [-0.4, -0.2) is 5.91 Å². The van der Waals surface area contributed by atoms with E-state index in [1.807, 2.05) is 0 Å². The Kier molecular flexibility index (Phi) is 2.65. The zero-order valence-corrected chi connectivity index (χ0v) is 9.47. The first-order chi connectivity index (χ1) is 7.08. The van der Waals surface area contributed by atoms with E-state index in [2.05, 4.69) is 21.2 Å². The monoisotopic (exact) mass is 272 g/mol. The van der Waals surface area contributed by atoms with Gasteiger partial charge >= 0.3 is 0 Å². The van der Waals surface area contributed by atoms with Gasteiger partial charge in [0.05, 0.1) is 11.7 Å². The van der Waals surface area contributed by atoms with E-state index in [0.717, 1.165) is 0 Å². The van der Waals surface area contributed by atoms with Gasteiger partial charge in [-0.2, -0.15) is 0 Å². The minimum atomic E-state index is -0.458. The lowest BCUT2D eigenvalue weighted by atomic mass is 10.0. The van der Waals surface area contributed by atoms with Gasteiger partial charge < -0.3 is 11.1 Å². The fraction of sp³-hybridized carbons (Fsp3) is 0.300. The Morgan fingerprint density at radius 1 is 1.53 bits per heavy atom. The summed E-state index contributed by atoms with van der Waals surface area (Å²) in [4.78, 5) is 11.1. The predicted octanol–water partition coefficient (Wildman–Crippen LogP) is 2.12. The normalized spacial score (nSPS) is 20.4. The summed E-state index contributed by atoms with van der Waals surface area (Å²) in [7, 11) is 0. The van der Waals surface area contributed by atoms with E-state index in [1.54, 1.807) is 6.07 Å². The second-order valence-corrected chi connectivity index (χ2v) is 4.46. The van der Waals surface area contributed by atoms with Crippen LogP contribution in [0.5, 0.6) is 0 Å². The molecule has 0 bridgehead atoms. The zero-order valence-electron chi connectivity index (χ0n) is 7.89. The first kappa shape index (κ1) is 10.4. The van der Waals surface area contributed by atoms with Crippen LogP contribution in [-0.2, 0) is 4.79 Å². The van der Waals surface area contributed by atoms with Crippen LogP contribution in [0, 0.1) is 5.82 Å². The van der Waals surface area contributed by atoms with Crippen molar-refractivity contribution in [1.82, 2.24) is 5.32 Å². The minimum Gasteiger partial charge on any atom is -0.396 e. The van der Waals surface area contributed by atoms with Crippen LogP contribution in [0.3, 0.4) is 0 Å². The van der Waals surface area contributed by atoms with Gasteiger partial charge in [-0.1, -0.05) is 15.9 Å². The number of nitrogens with one attached hydrogen (secondary N) is 1. The highest BCUT2D eigenvalue weighted by Crippen LogP contribution is 2.32. The highest BCUT2D eigenvalue weighted by molar-refractivity contribution is 9.10. The molecule has 0 saturated carbocycles. The average Bonchev–Trinajstić information content (AvgIpc) is 2.58. The van der Waals surface area contributed by atoms with Crippen molar-refractivity contribution in [3.8, 4) is 0 Å². The summed E-state index contributed by atoms with van der Waals surface area (Å²) in [5, 5.41) is 2.76. The van der Waals surface area contributed by atoms with Crippen molar-refractivity contribution in [2.75, 3.05) is 5.73 Å². The van der Waals surface area contributed by atoms with Gasteiger partial charge in [-0.05, 0) is 18.6 Å². The third kappa shape index (κ3) is 1.97. The fourth-order valence-electron chi connectivity index (χ4n) is 1.74. The molecule has 1 amide bonds. The van der Waals surface area contributed by atoms with E-state index in [-0.39, 0.29) is 17.6 Å². The lowest BCUT2D eigenvalue weighted by Gasteiger charge is -2.14. The standard InChI is InChI=1S/C10H10BrFN2O/c11-5-3-6(10(13)7(12)4-5)8-1-2-9(15)14-8/h3-4,8H,1-2,13H2,(H,14,15)/t8-/m0/s1. The molecule has 1 atom stereocenters. The summed E-state index contributed by atoms with van der Waals surface area (Å²) in [5.74, 6) is -0.472. The van der Waals surface area contributed by atoms with Crippen molar-refractivity contribution < 1.29 is 9.18 Å². The van der Waals surface area contributed by atoms with Crippen molar-refractivity contribution >= 4 is 27.5 Å². The smallest absolute Gasteiger partial charge is 0.220 e. The third-order valence-corrected chi connectivity index (χ3v) is 2.95. The lowest BCUT2D eigenvalue weighted by molar-refractivity contribution is -0.119. The molecule has 1 aromatic rings. The zero-order chi connectivity index (χ0) is 11.0. The second-order valence-electron chi connectivity index (χ2n) is 3.55. The van der Waals surface area contributed by atoms with Gasteiger partial charge in [-0.15, -0.1) is 0 Å². The van der Waals surface area contributed by atoms with E-state index in [4.69, 9.17) is 5.73 Å². The van der Waals surface area contributed by atoms with Crippen molar-refractivity contribution in [3.05, 3.63) is 28.0 Å². The molecule has 15 heavy (non-hydrogen) atoms. The number of amides is 1. The number of anilines is 1. The predicted molar refractivity (Wildman–Crippen MR) is 58.6 cm³/mol. The van der Waals surface area contributed by atoms with Crippen LogP contribution in [0.4, 0.5) is 10.1 Å². The minimum absolute atomic E-state index is 0.0141. The van der Waals surface area contributed by atoms with Gasteiger partial charge in [0, 0.05) is 16.5 Å². The molecule has 2 rings (SSSR count). The maximum atomic E-state index is 13.3. The van der Waals surface area contributed by atoms with Gasteiger partial charge in [0.1, 0.15) is 5.82 Å². The Morgan fingerprint density at radius 2 is 2.27 bits per heavy atom. The van der Waals surface area contributed by atoms with Gasteiger partial charge in [-0.3, -0.25) is 4.79 Å². The quantitative estimate of drug-likeness (QED) is 0.770. The number of nitrogen functional groups attached to an aromatic ring is 1. The number of halogens is 2. The number of nitrogens with two attached hydrogens (primary N) is 1. The summed E-state index contributed by atoms with van der Waals surface area (Å²) in [6.45, 7) is 0. The summed E-state index contributed by atoms with van der Waals surface area (Å²) < 4.78 is 14.0. The summed E-state index contributed by atoms with van der Waals surface area (Å²) in [6.07, 6.45) is 1.14. The third-order valence-electron chi connectivity index (χ3n) is 2.50. The van der Waals surface area contributed by atoms with Gasteiger partial charge in [0.15, 0.2) is 0 Å². The van der Waals surface area contributed by atoms with Crippen LogP contribution < -0.4 is 11.1 Å². The SMILES string of the molecule is Nc1c(F)cc(Br)cc1[C@@H]1CCC(=O)N1. The molecule has 5 heteroatoms. The molecule has 0 aliphatic carbocycles. The molecule has 0 spiro atoms. The molecule has 3 nitrogen and oxygen atoms in total. The van der Waals surface area contributed by atoms with E-state index in [9.17, 15) is 9.18 Å². The highest BCUT2D eigenvalue weighted by Gasteiger charge is 2.25. The number of benzene rings is 1. The lowest BCUT2D eigenvalue weighted by Crippen LogP contribution is -2.19. The molecule has 0 radical (unpaired) electrons. The fourth-order valence-corrected chi connectivity index (χ4v) is 2.19. The molecule has 3 N–H and O–H groups in total. The topological polar surface area (TPSA) is 55.1 Å². The molecular weight excluding hydrogens is 263 g/mol. The Balaban J connectivity index is 2.39. The number of carbonyl (C=O) groups is 1. The first-order valence-electron chi connectivity index (χ1n) is 4.61. The number of carbonyl (C=O) groups excluding carboxylic acids is 1.